The first-order valence-corrected chi connectivity index (χ1v) is 8.94. The van der Waals surface area contributed by atoms with Crippen LogP contribution in [0.2, 0.25) is 0 Å². The van der Waals surface area contributed by atoms with Crippen molar-refractivity contribution in [2.45, 2.75) is 70.5 Å². The second-order valence-corrected chi connectivity index (χ2v) is 8.49. The minimum absolute atomic E-state index is 0.304. The van der Waals surface area contributed by atoms with E-state index in [1.54, 1.807) is 17.3 Å². The smallest absolute Gasteiger partial charge is 0.247 e. The quantitative estimate of drug-likeness (QED) is 0.907. The maximum absolute atomic E-state index is 12.9. The molecule has 21 heavy (non-hydrogen) atoms. The van der Waals surface area contributed by atoms with E-state index in [0.717, 1.165) is 12.8 Å². The molecule has 0 aromatic carbocycles. The van der Waals surface area contributed by atoms with Gasteiger partial charge in [0.25, 0.3) is 0 Å². The van der Waals surface area contributed by atoms with Crippen LogP contribution >= 0.6 is 0 Å². The molecule has 1 fully saturated rings. The van der Waals surface area contributed by atoms with E-state index in [1.165, 1.54) is 0 Å². The molecule has 0 bridgehead atoms. The van der Waals surface area contributed by atoms with Crippen molar-refractivity contribution in [2.24, 2.45) is 0 Å². The molecule has 5 nitrogen and oxygen atoms in total. The Morgan fingerprint density at radius 3 is 2.62 bits per heavy atom. The van der Waals surface area contributed by atoms with Crippen molar-refractivity contribution < 1.29 is 12.8 Å². The Kier molecular flexibility index (Phi) is 4.52. The van der Waals surface area contributed by atoms with Crippen molar-refractivity contribution in [3.63, 3.8) is 0 Å². The monoisotopic (exact) mass is 314 g/mol. The zero-order valence-corrected chi connectivity index (χ0v) is 14.4. The number of rotatable bonds is 5. The van der Waals surface area contributed by atoms with Crippen molar-refractivity contribution in [3.05, 3.63) is 17.6 Å². The Morgan fingerprint density at radius 1 is 1.43 bits per heavy atom. The highest BCUT2D eigenvalue weighted by atomic mass is 32.2. The summed E-state index contributed by atoms with van der Waals surface area (Å²) in [5.74, 6) is 1.13. The fraction of sp³-hybridized carbons (Fsp3) is 0.733. The van der Waals surface area contributed by atoms with Crippen LogP contribution in [0.25, 0.3) is 0 Å². The summed E-state index contributed by atoms with van der Waals surface area (Å²) in [6.07, 6.45) is 1.80. The van der Waals surface area contributed by atoms with E-state index < -0.39 is 10.0 Å². The van der Waals surface area contributed by atoms with Crippen molar-refractivity contribution in [1.82, 2.24) is 9.62 Å². The van der Waals surface area contributed by atoms with E-state index in [4.69, 9.17) is 4.42 Å². The van der Waals surface area contributed by atoms with E-state index in [0.29, 0.717) is 35.5 Å². The maximum atomic E-state index is 12.9. The number of nitrogens with one attached hydrogen (secondary N) is 1. The summed E-state index contributed by atoms with van der Waals surface area (Å²) in [6, 6.07) is 1.99. The Morgan fingerprint density at radius 2 is 2.10 bits per heavy atom. The van der Waals surface area contributed by atoms with Crippen LogP contribution in [0.3, 0.4) is 0 Å². The molecule has 1 saturated heterocycles. The zero-order valence-electron chi connectivity index (χ0n) is 13.6. The topological polar surface area (TPSA) is 62.6 Å². The molecule has 0 aliphatic carbocycles. The van der Waals surface area contributed by atoms with Crippen molar-refractivity contribution >= 4 is 10.0 Å². The molecule has 6 heteroatoms. The largest absolute Gasteiger partial charge is 0.464 e. The highest BCUT2D eigenvalue weighted by Gasteiger charge is 2.42. The standard InChI is InChI=1S/C15H26N2O3S/c1-11(2)16-10-13-9-14(12(3)20-13)21(18,19)17-8-6-7-15(17,4)5/h9,11,16H,6-8,10H2,1-5H3. The summed E-state index contributed by atoms with van der Waals surface area (Å²) in [6.45, 7) is 10.9. The predicted molar refractivity (Wildman–Crippen MR) is 82.6 cm³/mol. The third-order valence-electron chi connectivity index (χ3n) is 4.00. The van der Waals surface area contributed by atoms with Gasteiger partial charge in [-0.05, 0) is 33.6 Å². The summed E-state index contributed by atoms with van der Waals surface area (Å²) in [4.78, 5) is 0.304. The Bertz CT molecular complexity index is 602. The average Bonchev–Trinajstić information content (AvgIpc) is 2.89. The number of aryl methyl sites for hydroxylation is 1. The Balaban J connectivity index is 2.28. The highest BCUT2D eigenvalue weighted by molar-refractivity contribution is 7.89. The van der Waals surface area contributed by atoms with Gasteiger partial charge >= 0.3 is 0 Å². The number of furan rings is 1. The van der Waals surface area contributed by atoms with Crippen LogP contribution in [0.1, 0.15) is 52.1 Å². The normalized spacial score (nSPS) is 19.5. The molecule has 120 valence electrons. The molecular weight excluding hydrogens is 288 g/mol. The van der Waals surface area contributed by atoms with Gasteiger partial charge in [0.15, 0.2) is 0 Å². The summed E-state index contributed by atoms with van der Waals surface area (Å²) >= 11 is 0. The van der Waals surface area contributed by atoms with Gasteiger partial charge < -0.3 is 9.73 Å². The number of hydrogen-bond acceptors (Lipinski definition) is 4. The average molecular weight is 314 g/mol. The second-order valence-electron chi connectivity index (χ2n) is 6.66. The van der Waals surface area contributed by atoms with Gasteiger partial charge in [-0.15, -0.1) is 0 Å². The van der Waals surface area contributed by atoms with Crippen LogP contribution in [-0.2, 0) is 16.6 Å². The van der Waals surface area contributed by atoms with E-state index in [9.17, 15) is 8.42 Å². The minimum Gasteiger partial charge on any atom is -0.464 e. The van der Waals surface area contributed by atoms with Crippen LogP contribution in [0.5, 0.6) is 0 Å². The molecule has 0 amide bonds. The highest BCUT2D eigenvalue weighted by Crippen LogP contribution is 2.35. The molecule has 1 aromatic heterocycles. The lowest BCUT2D eigenvalue weighted by molar-refractivity contribution is 0.291. The van der Waals surface area contributed by atoms with Gasteiger partial charge in [-0.25, -0.2) is 8.42 Å². The SMILES string of the molecule is Cc1oc(CNC(C)C)cc1S(=O)(=O)N1CCCC1(C)C. The predicted octanol–water partition coefficient (Wildman–Crippen LogP) is 2.65. The third-order valence-corrected chi connectivity index (χ3v) is 6.22. The van der Waals surface area contributed by atoms with Crippen LogP contribution < -0.4 is 5.32 Å². The molecule has 0 spiro atoms. The molecule has 0 unspecified atom stereocenters. The first kappa shape index (κ1) is 16.5. The second kappa shape index (κ2) is 5.74. The van der Waals surface area contributed by atoms with Gasteiger partial charge in [-0.2, -0.15) is 4.31 Å². The molecule has 2 rings (SSSR count). The number of hydrogen-bond donors (Lipinski definition) is 1. The van der Waals surface area contributed by atoms with E-state index in [2.05, 4.69) is 5.32 Å². The van der Waals surface area contributed by atoms with Crippen molar-refractivity contribution in [1.29, 1.82) is 0 Å². The first-order chi connectivity index (χ1) is 9.64. The molecule has 1 aliphatic rings. The fourth-order valence-electron chi connectivity index (χ4n) is 2.82. The first-order valence-electron chi connectivity index (χ1n) is 7.50. The summed E-state index contributed by atoms with van der Waals surface area (Å²) in [5.41, 5.74) is -0.321. The van der Waals surface area contributed by atoms with E-state index in [1.807, 2.05) is 27.7 Å². The number of sulfonamides is 1. The molecule has 1 N–H and O–H groups in total. The van der Waals surface area contributed by atoms with Crippen LogP contribution in [-0.4, -0.2) is 30.8 Å². The lowest BCUT2D eigenvalue weighted by Crippen LogP contribution is -2.42. The molecule has 0 radical (unpaired) electrons. The third kappa shape index (κ3) is 3.33. The summed E-state index contributed by atoms with van der Waals surface area (Å²) in [5, 5.41) is 3.24. The Hall–Kier alpha value is -0.850. The van der Waals surface area contributed by atoms with Gasteiger partial charge in [0, 0.05) is 24.2 Å². The zero-order chi connectivity index (χ0) is 15.8. The van der Waals surface area contributed by atoms with E-state index in [-0.39, 0.29) is 5.54 Å². The van der Waals surface area contributed by atoms with Gasteiger partial charge in [-0.3, -0.25) is 0 Å². The summed E-state index contributed by atoms with van der Waals surface area (Å²) in [7, 11) is -3.48. The lowest BCUT2D eigenvalue weighted by Gasteiger charge is -2.30. The molecule has 0 atom stereocenters. The van der Waals surface area contributed by atoms with Gasteiger partial charge in [-0.1, -0.05) is 13.8 Å². The van der Waals surface area contributed by atoms with Crippen molar-refractivity contribution in [3.8, 4) is 0 Å². The molecule has 2 heterocycles. The molecule has 1 aliphatic heterocycles. The fourth-order valence-corrected chi connectivity index (χ4v) is 4.85. The van der Waals surface area contributed by atoms with Crippen molar-refractivity contribution in [2.75, 3.05) is 6.54 Å². The molecule has 1 aromatic rings. The van der Waals surface area contributed by atoms with Crippen LogP contribution in [0, 0.1) is 6.92 Å². The van der Waals surface area contributed by atoms with Gasteiger partial charge in [0.05, 0.1) is 6.54 Å². The lowest BCUT2D eigenvalue weighted by atomic mass is 10.0. The summed E-state index contributed by atoms with van der Waals surface area (Å²) < 4.78 is 33.0. The van der Waals surface area contributed by atoms with Crippen LogP contribution in [0.4, 0.5) is 0 Å². The van der Waals surface area contributed by atoms with Gasteiger partial charge in [0.2, 0.25) is 10.0 Å². The van der Waals surface area contributed by atoms with Gasteiger partial charge in [0.1, 0.15) is 16.4 Å². The number of nitrogens with zero attached hydrogens (tertiary/aromatic N) is 1. The van der Waals surface area contributed by atoms with E-state index >= 15 is 0 Å². The van der Waals surface area contributed by atoms with Crippen LogP contribution in [0.15, 0.2) is 15.4 Å². The molecular formula is C15H26N2O3S. The minimum atomic E-state index is -3.48. The Labute approximate surface area is 127 Å². The maximum Gasteiger partial charge on any atom is 0.247 e. The molecule has 0 saturated carbocycles.